The van der Waals surface area contributed by atoms with Gasteiger partial charge < -0.3 is 9.66 Å². The fourth-order valence-corrected chi connectivity index (χ4v) is 2.52. The average molecular weight is 312 g/mol. The molecular weight excluding hydrogens is 292 g/mol. The van der Waals surface area contributed by atoms with Crippen LogP contribution in [0.1, 0.15) is 18.3 Å². The molecule has 0 aliphatic rings. The minimum Gasteiger partial charge on any atom is -0.744 e. The maximum Gasteiger partial charge on any atom is 0.252 e. The first-order valence-corrected chi connectivity index (χ1v) is 7.84. The standard InChI is InChI=1S/C7H13N2.C7H8O4S/c1-4-9-6-5-8(3)7(9)2;1-5-2-3-6(8)4-7(5)12(9,10)11/h5-6H,4H2,1-3H3;2-4,8H,1H3,(H,9,10,11)/q+1;/p-1. The third kappa shape index (κ3) is 4.57. The van der Waals surface area contributed by atoms with Gasteiger partial charge in [-0.15, -0.1) is 0 Å². The molecule has 1 aromatic carbocycles. The van der Waals surface area contributed by atoms with Crippen molar-refractivity contribution in [1.29, 1.82) is 0 Å². The minimum absolute atomic E-state index is 0.227. The number of nitrogens with zero attached hydrogens (tertiary/aromatic N) is 2. The summed E-state index contributed by atoms with van der Waals surface area (Å²) >= 11 is 0. The van der Waals surface area contributed by atoms with Gasteiger partial charge in [-0.2, -0.15) is 0 Å². The van der Waals surface area contributed by atoms with E-state index in [-0.39, 0.29) is 10.6 Å². The summed E-state index contributed by atoms with van der Waals surface area (Å²) in [6.07, 6.45) is 4.16. The number of aromatic nitrogens is 2. The molecule has 0 aliphatic carbocycles. The predicted octanol–water partition coefficient (Wildman–Crippen LogP) is 1.25. The Kier molecular flexibility index (Phi) is 5.51. The van der Waals surface area contributed by atoms with Gasteiger partial charge in [0.15, 0.2) is 0 Å². The van der Waals surface area contributed by atoms with Crippen molar-refractivity contribution in [1.82, 2.24) is 4.57 Å². The third-order valence-corrected chi connectivity index (χ3v) is 4.16. The van der Waals surface area contributed by atoms with Gasteiger partial charge in [0, 0.05) is 6.92 Å². The van der Waals surface area contributed by atoms with Gasteiger partial charge in [-0.25, -0.2) is 17.6 Å². The van der Waals surface area contributed by atoms with Crippen molar-refractivity contribution in [2.24, 2.45) is 7.05 Å². The minimum atomic E-state index is -4.47. The van der Waals surface area contributed by atoms with Crippen molar-refractivity contribution in [3.63, 3.8) is 0 Å². The van der Waals surface area contributed by atoms with E-state index in [1.54, 1.807) is 0 Å². The van der Waals surface area contributed by atoms with Crippen LogP contribution in [0.15, 0.2) is 35.5 Å². The van der Waals surface area contributed by atoms with Crippen LogP contribution in [0, 0.1) is 13.8 Å². The summed E-state index contributed by atoms with van der Waals surface area (Å²) in [5, 5.41) is 8.90. The van der Waals surface area contributed by atoms with E-state index in [0.717, 1.165) is 12.6 Å². The van der Waals surface area contributed by atoms with Crippen LogP contribution >= 0.6 is 0 Å². The SMILES string of the molecule is CC[n+]1ccn(C)c1C.Cc1ccc(O)cc1S(=O)(=O)[O-]. The maximum absolute atomic E-state index is 10.5. The Balaban J connectivity index is 0.000000219. The lowest BCUT2D eigenvalue weighted by molar-refractivity contribution is -0.699. The van der Waals surface area contributed by atoms with Crippen LogP contribution in [0.4, 0.5) is 0 Å². The number of aryl methyl sites for hydroxylation is 3. The lowest BCUT2D eigenvalue weighted by Crippen LogP contribution is -2.33. The molecule has 6 nitrogen and oxygen atoms in total. The summed E-state index contributed by atoms with van der Waals surface area (Å²) in [5.41, 5.74) is 0.336. The number of imidazole rings is 1. The molecule has 0 atom stereocenters. The summed E-state index contributed by atoms with van der Waals surface area (Å²) in [6, 6.07) is 3.64. The van der Waals surface area contributed by atoms with Gasteiger partial charge in [-0.05, 0) is 31.5 Å². The van der Waals surface area contributed by atoms with E-state index in [9.17, 15) is 13.0 Å². The predicted molar refractivity (Wildman–Crippen MR) is 76.8 cm³/mol. The van der Waals surface area contributed by atoms with Gasteiger partial charge in [0.05, 0.1) is 18.5 Å². The summed E-state index contributed by atoms with van der Waals surface area (Å²) < 4.78 is 35.9. The van der Waals surface area contributed by atoms with E-state index in [4.69, 9.17) is 5.11 Å². The molecule has 1 N–H and O–H groups in total. The fraction of sp³-hybridized carbons (Fsp3) is 0.357. The van der Waals surface area contributed by atoms with Crippen molar-refractivity contribution in [2.45, 2.75) is 32.2 Å². The van der Waals surface area contributed by atoms with E-state index in [1.807, 2.05) is 0 Å². The van der Waals surface area contributed by atoms with Crippen LogP contribution < -0.4 is 4.57 Å². The molecule has 1 heterocycles. The average Bonchev–Trinajstić information content (AvgIpc) is 2.72. The Bertz CT molecular complexity index is 721. The molecule has 0 saturated heterocycles. The number of benzene rings is 1. The van der Waals surface area contributed by atoms with Crippen molar-refractivity contribution in [3.05, 3.63) is 42.0 Å². The van der Waals surface area contributed by atoms with Gasteiger partial charge in [-0.1, -0.05) is 6.07 Å². The summed E-state index contributed by atoms with van der Waals surface area (Å²) in [5.74, 6) is 1.08. The topological polar surface area (TPSA) is 86.2 Å². The second-order valence-electron chi connectivity index (χ2n) is 4.65. The molecule has 7 heteroatoms. The van der Waals surface area contributed by atoms with Crippen LogP contribution in [-0.4, -0.2) is 22.6 Å². The van der Waals surface area contributed by atoms with Crippen molar-refractivity contribution < 1.29 is 22.6 Å². The zero-order valence-electron chi connectivity index (χ0n) is 12.6. The molecule has 0 radical (unpaired) electrons. The molecule has 0 saturated carbocycles. The molecular formula is C14H20N2O4S. The zero-order valence-corrected chi connectivity index (χ0v) is 13.4. The highest BCUT2D eigenvalue weighted by atomic mass is 32.2. The first-order chi connectivity index (χ1) is 9.66. The number of phenols is 1. The lowest BCUT2D eigenvalue weighted by atomic mass is 10.2. The smallest absolute Gasteiger partial charge is 0.252 e. The van der Waals surface area contributed by atoms with Crippen LogP contribution in [0.5, 0.6) is 5.75 Å². The van der Waals surface area contributed by atoms with Gasteiger partial charge in [0.25, 0.3) is 5.82 Å². The Morgan fingerprint density at radius 3 is 2.29 bits per heavy atom. The maximum atomic E-state index is 10.5. The summed E-state index contributed by atoms with van der Waals surface area (Å²) in [6.45, 7) is 6.81. The van der Waals surface area contributed by atoms with Crippen LogP contribution in [0.2, 0.25) is 0 Å². The molecule has 0 aliphatic heterocycles. The number of aromatic hydroxyl groups is 1. The van der Waals surface area contributed by atoms with Gasteiger partial charge in [0.2, 0.25) is 0 Å². The Morgan fingerprint density at radius 1 is 1.33 bits per heavy atom. The Labute approximate surface area is 125 Å². The molecule has 0 fully saturated rings. The number of rotatable bonds is 2. The van der Waals surface area contributed by atoms with E-state index < -0.39 is 10.1 Å². The molecule has 0 spiro atoms. The Hall–Kier alpha value is -1.86. The lowest BCUT2D eigenvalue weighted by Gasteiger charge is -2.09. The van der Waals surface area contributed by atoms with Gasteiger partial charge in [-0.3, -0.25) is 0 Å². The molecule has 1 aromatic heterocycles. The van der Waals surface area contributed by atoms with Crippen molar-refractivity contribution >= 4 is 10.1 Å². The van der Waals surface area contributed by atoms with Crippen molar-refractivity contribution in [2.75, 3.05) is 0 Å². The summed E-state index contributed by atoms with van der Waals surface area (Å²) in [7, 11) is -2.41. The van der Waals surface area contributed by atoms with Crippen LogP contribution in [-0.2, 0) is 23.7 Å². The second-order valence-corrected chi connectivity index (χ2v) is 5.99. The van der Waals surface area contributed by atoms with E-state index >= 15 is 0 Å². The largest absolute Gasteiger partial charge is 0.744 e. The van der Waals surface area contributed by atoms with Gasteiger partial charge >= 0.3 is 0 Å². The molecule has 0 unspecified atom stereocenters. The summed E-state index contributed by atoms with van der Waals surface area (Å²) in [4.78, 5) is -0.373. The van der Waals surface area contributed by atoms with Gasteiger partial charge in [0.1, 0.15) is 28.3 Å². The third-order valence-electron chi connectivity index (χ3n) is 3.18. The first-order valence-electron chi connectivity index (χ1n) is 6.43. The molecule has 2 aromatic rings. The molecule has 2 rings (SSSR count). The fourth-order valence-electron chi connectivity index (χ4n) is 1.79. The number of hydrogen-bond acceptors (Lipinski definition) is 4. The molecule has 116 valence electrons. The quantitative estimate of drug-likeness (QED) is 0.668. The second kappa shape index (κ2) is 6.73. The highest BCUT2D eigenvalue weighted by Crippen LogP contribution is 2.19. The molecule has 0 amide bonds. The van der Waals surface area contributed by atoms with Crippen LogP contribution in [0.3, 0.4) is 0 Å². The first kappa shape index (κ1) is 17.2. The Morgan fingerprint density at radius 2 is 1.95 bits per heavy atom. The zero-order chi connectivity index (χ0) is 16.2. The number of phenolic OH excluding ortho intramolecular Hbond substituents is 1. The van der Waals surface area contributed by atoms with E-state index in [0.29, 0.717) is 5.56 Å². The molecule has 0 bridgehead atoms. The van der Waals surface area contributed by atoms with E-state index in [2.05, 4.69) is 42.4 Å². The number of hydrogen-bond donors (Lipinski definition) is 1. The van der Waals surface area contributed by atoms with Crippen LogP contribution in [0.25, 0.3) is 0 Å². The van der Waals surface area contributed by atoms with E-state index in [1.165, 1.54) is 24.9 Å². The highest BCUT2D eigenvalue weighted by molar-refractivity contribution is 7.85. The highest BCUT2D eigenvalue weighted by Gasteiger charge is 2.05. The van der Waals surface area contributed by atoms with Crippen molar-refractivity contribution in [3.8, 4) is 5.75 Å². The normalized spacial score (nSPS) is 10.9. The molecule has 21 heavy (non-hydrogen) atoms. The monoisotopic (exact) mass is 312 g/mol.